The van der Waals surface area contributed by atoms with Gasteiger partial charge in [-0.3, -0.25) is 0 Å². The quantitative estimate of drug-likeness (QED) is 0.510. The third kappa shape index (κ3) is 3.15. The highest BCUT2D eigenvalue weighted by molar-refractivity contribution is 7.18. The van der Waals surface area contributed by atoms with E-state index in [2.05, 4.69) is 32.1 Å². The van der Waals surface area contributed by atoms with E-state index in [4.69, 9.17) is 14.7 Å². The SMILES string of the molecule is C[C@@H]1COCCN1c1nc(-c2ccnc3[nH]ccc23)nc2c(N3CCC(O)C3)csc12. The topological polar surface area (TPSA) is 90.4 Å². The first-order valence-corrected chi connectivity index (χ1v) is 11.6. The minimum absolute atomic E-state index is 0.239. The number of morpholine rings is 1. The van der Waals surface area contributed by atoms with E-state index in [9.17, 15) is 5.11 Å². The number of nitrogens with zero attached hydrogens (tertiary/aromatic N) is 5. The van der Waals surface area contributed by atoms with Crippen LogP contribution in [0.15, 0.2) is 29.9 Å². The van der Waals surface area contributed by atoms with Crippen molar-refractivity contribution in [3.63, 3.8) is 0 Å². The number of hydrogen-bond donors (Lipinski definition) is 2. The minimum atomic E-state index is -0.283. The van der Waals surface area contributed by atoms with Gasteiger partial charge in [-0.15, -0.1) is 11.3 Å². The number of ether oxygens (including phenoxy) is 1. The number of H-pyrrole nitrogens is 1. The number of fused-ring (bicyclic) bond motifs is 2. The molecule has 4 aromatic heterocycles. The smallest absolute Gasteiger partial charge is 0.163 e. The van der Waals surface area contributed by atoms with Gasteiger partial charge in [0.05, 0.1) is 35.7 Å². The fourth-order valence-corrected chi connectivity index (χ4v) is 5.61. The summed E-state index contributed by atoms with van der Waals surface area (Å²) < 4.78 is 6.77. The van der Waals surface area contributed by atoms with Crippen LogP contribution >= 0.6 is 11.3 Å². The van der Waals surface area contributed by atoms with Crippen LogP contribution in [0, 0.1) is 0 Å². The van der Waals surface area contributed by atoms with Crippen LogP contribution in [0.4, 0.5) is 11.5 Å². The Morgan fingerprint density at radius 2 is 2.19 bits per heavy atom. The first-order valence-electron chi connectivity index (χ1n) is 10.7. The molecule has 0 radical (unpaired) electrons. The van der Waals surface area contributed by atoms with Crippen molar-refractivity contribution < 1.29 is 9.84 Å². The molecule has 9 heteroatoms. The Labute approximate surface area is 183 Å². The molecule has 4 aromatic rings. The summed E-state index contributed by atoms with van der Waals surface area (Å²) >= 11 is 1.68. The summed E-state index contributed by atoms with van der Waals surface area (Å²) in [6.07, 6.45) is 4.20. The van der Waals surface area contributed by atoms with Crippen molar-refractivity contribution in [1.82, 2.24) is 19.9 Å². The van der Waals surface area contributed by atoms with E-state index in [0.29, 0.717) is 25.6 Å². The Morgan fingerprint density at radius 1 is 1.26 bits per heavy atom. The standard InChI is InChI=1S/C22H24N6O2S/c1-13-11-30-9-8-28(13)22-19-18(17(12-31-19)27-7-4-14(29)10-27)25-21(26-22)16-3-6-24-20-15(16)2-5-23-20/h2-3,5-6,12-14,29H,4,7-11H2,1H3,(H,23,24)/t13-,14?/m1/s1. The van der Waals surface area contributed by atoms with Crippen LogP contribution in [-0.4, -0.2) is 70.0 Å². The monoisotopic (exact) mass is 436 g/mol. The predicted molar refractivity (Wildman–Crippen MR) is 123 cm³/mol. The average molecular weight is 437 g/mol. The van der Waals surface area contributed by atoms with E-state index in [0.717, 1.165) is 57.8 Å². The van der Waals surface area contributed by atoms with Crippen LogP contribution in [0.5, 0.6) is 0 Å². The van der Waals surface area contributed by atoms with Gasteiger partial charge >= 0.3 is 0 Å². The number of aliphatic hydroxyl groups excluding tert-OH is 1. The molecule has 1 unspecified atom stereocenters. The number of nitrogens with one attached hydrogen (secondary N) is 1. The molecule has 6 heterocycles. The van der Waals surface area contributed by atoms with Crippen molar-refractivity contribution in [3.8, 4) is 11.4 Å². The molecule has 2 aliphatic heterocycles. The molecular formula is C22H24N6O2S. The minimum Gasteiger partial charge on any atom is -0.391 e. The van der Waals surface area contributed by atoms with Crippen molar-refractivity contribution in [2.24, 2.45) is 0 Å². The highest BCUT2D eigenvalue weighted by atomic mass is 32.1. The van der Waals surface area contributed by atoms with Gasteiger partial charge in [0.2, 0.25) is 0 Å². The molecule has 2 fully saturated rings. The number of anilines is 2. The van der Waals surface area contributed by atoms with Crippen LogP contribution < -0.4 is 9.80 Å². The summed E-state index contributed by atoms with van der Waals surface area (Å²) in [6, 6.07) is 4.24. The molecule has 0 spiro atoms. The van der Waals surface area contributed by atoms with Crippen LogP contribution in [-0.2, 0) is 4.74 Å². The van der Waals surface area contributed by atoms with Gasteiger partial charge in [0.1, 0.15) is 11.2 Å². The second-order valence-electron chi connectivity index (χ2n) is 8.27. The van der Waals surface area contributed by atoms with Gasteiger partial charge in [0.25, 0.3) is 0 Å². The van der Waals surface area contributed by atoms with Crippen LogP contribution in [0.25, 0.3) is 32.6 Å². The molecule has 0 aromatic carbocycles. The Morgan fingerprint density at radius 3 is 3.03 bits per heavy atom. The van der Waals surface area contributed by atoms with E-state index in [1.54, 1.807) is 17.5 Å². The van der Waals surface area contributed by atoms with Crippen molar-refractivity contribution in [1.29, 1.82) is 0 Å². The van der Waals surface area contributed by atoms with Gasteiger partial charge in [-0.25, -0.2) is 15.0 Å². The molecule has 2 N–H and O–H groups in total. The maximum atomic E-state index is 10.1. The van der Waals surface area contributed by atoms with Gasteiger partial charge in [-0.05, 0) is 25.5 Å². The van der Waals surface area contributed by atoms with Gasteiger partial charge < -0.3 is 24.6 Å². The molecule has 6 rings (SSSR count). The van der Waals surface area contributed by atoms with Crippen LogP contribution in [0.1, 0.15) is 13.3 Å². The van der Waals surface area contributed by atoms with Gasteiger partial charge in [0, 0.05) is 48.4 Å². The van der Waals surface area contributed by atoms with Crippen molar-refractivity contribution >= 4 is 44.1 Å². The second-order valence-corrected chi connectivity index (χ2v) is 9.15. The molecule has 0 aliphatic carbocycles. The number of aliphatic hydroxyl groups is 1. The number of hydrogen-bond acceptors (Lipinski definition) is 8. The van der Waals surface area contributed by atoms with Gasteiger partial charge in [-0.1, -0.05) is 0 Å². The Balaban J connectivity index is 1.57. The summed E-state index contributed by atoms with van der Waals surface area (Å²) in [4.78, 5) is 22.3. The lowest BCUT2D eigenvalue weighted by atomic mass is 10.1. The normalized spacial score (nSPS) is 22.1. The summed E-state index contributed by atoms with van der Waals surface area (Å²) in [7, 11) is 0. The zero-order valence-electron chi connectivity index (χ0n) is 17.3. The molecule has 2 saturated heterocycles. The lowest BCUT2D eigenvalue weighted by Gasteiger charge is -2.34. The van der Waals surface area contributed by atoms with Gasteiger partial charge in [-0.2, -0.15) is 0 Å². The lowest BCUT2D eigenvalue weighted by Crippen LogP contribution is -2.44. The van der Waals surface area contributed by atoms with E-state index in [1.807, 2.05) is 18.3 Å². The molecule has 2 atom stereocenters. The molecule has 8 nitrogen and oxygen atoms in total. The fourth-order valence-electron chi connectivity index (χ4n) is 4.59. The molecule has 0 saturated carbocycles. The van der Waals surface area contributed by atoms with Crippen LogP contribution in [0.3, 0.4) is 0 Å². The molecule has 31 heavy (non-hydrogen) atoms. The lowest BCUT2D eigenvalue weighted by molar-refractivity contribution is 0.0987. The molecule has 2 aliphatic rings. The Kier molecular flexibility index (Phi) is 4.55. The predicted octanol–water partition coefficient (Wildman–Crippen LogP) is 3.03. The number of aromatic nitrogens is 4. The molecule has 160 valence electrons. The number of thiophene rings is 1. The zero-order valence-corrected chi connectivity index (χ0v) is 18.1. The summed E-state index contributed by atoms with van der Waals surface area (Å²) in [5, 5.41) is 13.3. The Hall–Kier alpha value is -2.75. The van der Waals surface area contributed by atoms with E-state index >= 15 is 0 Å². The van der Waals surface area contributed by atoms with Crippen molar-refractivity contribution in [2.45, 2.75) is 25.5 Å². The number of β-amino-alcohol motifs (C(OH)–C–C–N with tert-alkyl or cyclic N) is 1. The second kappa shape index (κ2) is 7.44. The number of pyridine rings is 1. The Bertz CT molecular complexity index is 1250. The van der Waals surface area contributed by atoms with Crippen molar-refractivity contribution in [3.05, 3.63) is 29.9 Å². The highest BCUT2D eigenvalue weighted by Gasteiger charge is 2.28. The van der Waals surface area contributed by atoms with E-state index in [1.165, 1.54) is 0 Å². The summed E-state index contributed by atoms with van der Waals surface area (Å²) in [6.45, 7) is 5.85. The first kappa shape index (κ1) is 19.0. The first-order chi connectivity index (χ1) is 15.2. The van der Waals surface area contributed by atoms with E-state index in [-0.39, 0.29) is 12.1 Å². The van der Waals surface area contributed by atoms with Crippen molar-refractivity contribution in [2.75, 3.05) is 42.6 Å². The molecular weight excluding hydrogens is 412 g/mol. The maximum absolute atomic E-state index is 10.1. The largest absolute Gasteiger partial charge is 0.391 e. The van der Waals surface area contributed by atoms with E-state index < -0.39 is 0 Å². The zero-order chi connectivity index (χ0) is 20.9. The highest BCUT2D eigenvalue weighted by Crippen LogP contribution is 2.40. The average Bonchev–Trinajstić information content (AvgIpc) is 3.52. The number of aromatic amines is 1. The van der Waals surface area contributed by atoms with Gasteiger partial charge in [0.15, 0.2) is 11.6 Å². The third-order valence-electron chi connectivity index (χ3n) is 6.22. The number of rotatable bonds is 3. The molecule has 0 bridgehead atoms. The third-order valence-corrected chi connectivity index (χ3v) is 7.18. The van der Waals surface area contributed by atoms with Crippen LogP contribution in [0.2, 0.25) is 0 Å². The fraction of sp³-hybridized carbons (Fsp3) is 0.409. The summed E-state index contributed by atoms with van der Waals surface area (Å²) in [5.41, 5.74) is 3.84. The molecule has 0 amide bonds. The maximum Gasteiger partial charge on any atom is 0.163 e. The summed E-state index contributed by atoms with van der Waals surface area (Å²) in [5.74, 6) is 1.67.